The highest BCUT2D eigenvalue weighted by atomic mass is 32.2. The fourth-order valence-electron chi connectivity index (χ4n) is 3.52. The number of thioether (sulfide) groups is 1. The fraction of sp³-hybridized carbons (Fsp3) is 0.364. The molecule has 0 radical (unpaired) electrons. The number of rotatable bonds is 7. The Morgan fingerprint density at radius 2 is 2.23 bits per heavy atom. The molecule has 1 atom stereocenters. The molecule has 0 unspecified atom stereocenters. The molecule has 1 aliphatic rings. The summed E-state index contributed by atoms with van der Waals surface area (Å²) >= 11 is 4.39. The molecule has 0 spiro atoms. The Balaban J connectivity index is 1.46. The van der Waals surface area contributed by atoms with Crippen LogP contribution in [-0.2, 0) is 22.4 Å². The van der Waals surface area contributed by atoms with Gasteiger partial charge in [0, 0.05) is 11.1 Å². The summed E-state index contributed by atoms with van der Waals surface area (Å²) in [6.45, 7) is 4.31. The number of hydrogen-bond donors (Lipinski definition) is 1. The lowest BCUT2D eigenvalue weighted by atomic mass is 9.88. The molecule has 0 aromatic carbocycles. The smallest absolute Gasteiger partial charge is 0.341 e. The summed E-state index contributed by atoms with van der Waals surface area (Å²) in [7, 11) is 0. The van der Waals surface area contributed by atoms with Gasteiger partial charge < -0.3 is 10.1 Å². The third-order valence-corrected chi connectivity index (χ3v) is 7.91. The maximum absolute atomic E-state index is 12.7. The van der Waals surface area contributed by atoms with Gasteiger partial charge >= 0.3 is 5.97 Å². The molecule has 3 aromatic rings. The molecule has 1 aliphatic carbocycles. The highest BCUT2D eigenvalue weighted by Gasteiger charge is 2.29. The number of ether oxygens (including phenoxy) is 1. The minimum Gasteiger partial charge on any atom is -0.462 e. The molecule has 3 heterocycles. The Morgan fingerprint density at radius 3 is 3.00 bits per heavy atom. The first kappa shape index (κ1) is 22.0. The van der Waals surface area contributed by atoms with E-state index < -0.39 is 0 Å². The van der Waals surface area contributed by atoms with Crippen molar-refractivity contribution in [3.05, 3.63) is 45.8 Å². The summed E-state index contributed by atoms with van der Waals surface area (Å²) in [5.74, 6) is 0.194. The van der Waals surface area contributed by atoms with Crippen LogP contribution >= 0.6 is 34.4 Å². The van der Waals surface area contributed by atoms with Gasteiger partial charge in [-0.3, -0.25) is 4.79 Å². The first-order valence-electron chi connectivity index (χ1n) is 10.2. The SMILES string of the molecule is CCOC(=O)c1c(NC(=O)CSc2nccc(-c3cccs3)n2)sc2c1CC[C@H](C)C2. The van der Waals surface area contributed by atoms with Crippen molar-refractivity contribution in [1.82, 2.24) is 9.97 Å². The summed E-state index contributed by atoms with van der Waals surface area (Å²) in [6, 6.07) is 5.84. The number of nitrogens with zero attached hydrogens (tertiary/aromatic N) is 2. The molecule has 1 amide bonds. The Hall–Kier alpha value is -2.23. The minimum atomic E-state index is -0.357. The van der Waals surface area contributed by atoms with Gasteiger partial charge in [0.25, 0.3) is 0 Å². The lowest BCUT2D eigenvalue weighted by molar-refractivity contribution is -0.113. The Bertz CT molecular complexity index is 1080. The van der Waals surface area contributed by atoms with Crippen molar-refractivity contribution >= 4 is 51.3 Å². The molecule has 31 heavy (non-hydrogen) atoms. The zero-order valence-electron chi connectivity index (χ0n) is 17.3. The quantitative estimate of drug-likeness (QED) is 0.285. The second-order valence-electron chi connectivity index (χ2n) is 7.31. The summed E-state index contributed by atoms with van der Waals surface area (Å²) < 4.78 is 5.27. The van der Waals surface area contributed by atoms with E-state index in [4.69, 9.17) is 4.74 Å². The van der Waals surface area contributed by atoms with Crippen molar-refractivity contribution in [2.45, 2.75) is 38.3 Å². The summed E-state index contributed by atoms with van der Waals surface area (Å²) in [6.07, 6.45) is 4.52. The lowest BCUT2D eigenvalue weighted by Crippen LogP contribution is -2.17. The summed E-state index contributed by atoms with van der Waals surface area (Å²) in [5.41, 5.74) is 2.41. The lowest BCUT2D eigenvalue weighted by Gasteiger charge is -2.18. The zero-order valence-corrected chi connectivity index (χ0v) is 19.8. The van der Waals surface area contributed by atoms with Crippen LogP contribution in [0.25, 0.3) is 10.6 Å². The Kier molecular flexibility index (Phi) is 7.04. The molecule has 0 saturated heterocycles. The molecule has 6 nitrogen and oxygen atoms in total. The van der Waals surface area contributed by atoms with E-state index >= 15 is 0 Å². The van der Waals surface area contributed by atoms with Crippen molar-refractivity contribution in [2.24, 2.45) is 5.92 Å². The molecule has 1 N–H and O–H groups in total. The summed E-state index contributed by atoms with van der Waals surface area (Å²) in [5, 5.41) is 6.08. The van der Waals surface area contributed by atoms with Gasteiger partial charge in [-0.2, -0.15) is 0 Å². The Labute approximate surface area is 193 Å². The van der Waals surface area contributed by atoms with Crippen LogP contribution in [-0.4, -0.2) is 34.2 Å². The van der Waals surface area contributed by atoms with E-state index in [0.29, 0.717) is 28.2 Å². The average molecular weight is 474 g/mol. The van der Waals surface area contributed by atoms with Gasteiger partial charge in [0.1, 0.15) is 5.00 Å². The third kappa shape index (κ3) is 5.16. The normalized spacial score (nSPS) is 15.4. The molecule has 0 saturated carbocycles. The van der Waals surface area contributed by atoms with Crippen LogP contribution in [0.3, 0.4) is 0 Å². The van der Waals surface area contributed by atoms with Gasteiger partial charge in [-0.15, -0.1) is 22.7 Å². The average Bonchev–Trinajstić information content (AvgIpc) is 3.40. The van der Waals surface area contributed by atoms with E-state index in [1.807, 2.05) is 23.6 Å². The maximum Gasteiger partial charge on any atom is 0.341 e. The predicted molar refractivity (Wildman–Crippen MR) is 126 cm³/mol. The first-order chi connectivity index (χ1) is 15.0. The number of amides is 1. The molecule has 4 rings (SSSR count). The van der Waals surface area contributed by atoms with Gasteiger partial charge in [-0.1, -0.05) is 24.8 Å². The summed E-state index contributed by atoms with van der Waals surface area (Å²) in [4.78, 5) is 36.3. The minimum absolute atomic E-state index is 0.162. The Morgan fingerprint density at radius 1 is 1.35 bits per heavy atom. The van der Waals surface area contributed by atoms with Crippen LogP contribution in [0.15, 0.2) is 34.9 Å². The number of fused-ring (bicyclic) bond motifs is 1. The van der Waals surface area contributed by atoms with Crippen molar-refractivity contribution in [3.8, 4) is 10.6 Å². The van der Waals surface area contributed by atoms with E-state index in [2.05, 4.69) is 22.2 Å². The van der Waals surface area contributed by atoms with Crippen LogP contribution in [0, 0.1) is 5.92 Å². The van der Waals surface area contributed by atoms with E-state index in [1.54, 1.807) is 24.5 Å². The van der Waals surface area contributed by atoms with Crippen LogP contribution in [0.5, 0.6) is 0 Å². The van der Waals surface area contributed by atoms with Crippen molar-refractivity contribution in [1.29, 1.82) is 0 Å². The van der Waals surface area contributed by atoms with Gasteiger partial charge in [0.2, 0.25) is 5.91 Å². The first-order valence-corrected chi connectivity index (χ1v) is 12.8. The number of hydrogen-bond acceptors (Lipinski definition) is 8. The van der Waals surface area contributed by atoms with Crippen LogP contribution in [0.4, 0.5) is 5.00 Å². The molecular weight excluding hydrogens is 450 g/mol. The number of carbonyl (C=O) groups is 2. The molecule has 162 valence electrons. The van der Waals surface area contributed by atoms with E-state index in [9.17, 15) is 9.59 Å². The second-order valence-corrected chi connectivity index (χ2v) is 10.3. The number of aromatic nitrogens is 2. The molecule has 9 heteroatoms. The number of carbonyl (C=O) groups excluding carboxylic acids is 2. The highest BCUT2D eigenvalue weighted by Crippen LogP contribution is 2.40. The van der Waals surface area contributed by atoms with Crippen molar-refractivity contribution < 1.29 is 14.3 Å². The molecule has 0 bridgehead atoms. The molecule has 0 fully saturated rings. The van der Waals surface area contributed by atoms with Crippen LogP contribution < -0.4 is 5.32 Å². The van der Waals surface area contributed by atoms with Gasteiger partial charge in [0.15, 0.2) is 5.16 Å². The van der Waals surface area contributed by atoms with E-state index in [-0.39, 0.29) is 17.6 Å². The van der Waals surface area contributed by atoms with E-state index in [0.717, 1.165) is 35.4 Å². The number of nitrogens with one attached hydrogen (secondary N) is 1. The number of esters is 1. The fourth-order valence-corrected chi connectivity index (χ4v) is 6.26. The van der Waals surface area contributed by atoms with Crippen LogP contribution in [0.2, 0.25) is 0 Å². The topological polar surface area (TPSA) is 81.2 Å². The van der Waals surface area contributed by atoms with Gasteiger partial charge in [-0.05, 0) is 55.2 Å². The van der Waals surface area contributed by atoms with Gasteiger partial charge in [-0.25, -0.2) is 14.8 Å². The predicted octanol–water partition coefficient (Wildman–Crippen LogP) is 5.30. The molecular formula is C22H23N3O3S3. The van der Waals surface area contributed by atoms with Crippen LogP contribution in [0.1, 0.15) is 41.1 Å². The number of anilines is 1. The standard InChI is InChI=1S/C22H23N3O3S3/c1-3-28-21(27)19-14-7-6-13(2)11-17(14)31-20(19)25-18(26)12-30-22-23-9-8-15(24-22)16-5-4-10-29-16/h4-5,8-10,13H,3,6-7,11-12H2,1-2H3,(H,25,26)/t13-/m0/s1. The van der Waals surface area contributed by atoms with Gasteiger partial charge in [0.05, 0.1) is 28.5 Å². The third-order valence-electron chi connectivity index (χ3n) is 4.98. The largest absolute Gasteiger partial charge is 0.462 e. The molecule has 3 aromatic heterocycles. The highest BCUT2D eigenvalue weighted by molar-refractivity contribution is 7.99. The second kappa shape index (κ2) is 9.93. The zero-order chi connectivity index (χ0) is 21.8. The van der Waals surface area contributed by atoms with Crippen molar-refractivity contribution in [3.63, 3.8) is 0 Å². The van der Waals surface area contributed by atoms with Crippen molar-refractivity contribution in [2.75, 3.05) is 17.7 Å². The molecule has 0 aliphatic heterocycles. The van der Waals surface area contributed by atoms with E-state index in [1.165, 1.54) is 28.0 Å². The number of thiophene rings is 2. The monoisotopic (exact) mass is 473 g/mol. The maximum atomic E-state index is 12.7.